The van der Waals surface area contributed by atoms with Crippen LogP contribution in [0.3, 0.4) is 0 Å². The summed E-state index contributed by atoms with van der Waals surface area (Å²) in [4.78, 5) is 25.1. The number of hydrogen-bond donors (Lipinski definition) is 2. The first-order valence-corrected chi connectivity index (χ1v) is 17.1. The van der Waals surface area contributed by atoms with Crippen LogP contribution in [-0.2, 0) is 39.0 Å². The predicted octanol–water partition coefficient (Wildman–Crippen LogP) is 5.36. The van der Waals surface area contributed by atoms with Crippen LogP contribution < -0.4 is 10.1 Å². The molecule has 1 unspecified atom stereocenters. The number of rotatable bonds is 13. The normalized spacial score (nSPS) is 14.1. The predicted molar refractivity (Wildman–Crippen MR) is 166 cm³/mol. The summed E-state index contributed by atoms with van der Waals surface area (Å²) in [5.74, 6) is -1.27. The molecule has 0 fully saturated rings. The van der Waals surface area contributed by atoms with E-state index in [1.54, 1.807) is 23.9 Å². The molecule has 42 heavy (non-hydrogen) atoms. The Hall–Kier alpha value is -3.34. The largest absolute Gasteiger partial charge is 0.493 e. The molecule has 0 saturated carbocycles. The molecular weight excluding hydrogens is 574 g/mol. The number of carbonyl (C=O) groups is 2. The van der Waals surface area contributed by atoms with Crippen molar-refractivity contribution in [2.75, 3.05) is 24.9 Å². The van der Waals surface area contributed by atoms with Gasteiger partial charge >= 0.3 is 5.97 Å². The Labute approximate surface area is 251 Å². The first-order chi connectivity index (χ1) is 20.0. The summed E-state index contributed by atoms with van der Waals surface area (Å²) in [5.41, 5.74) is 7.25. The number of carboxylic acids is 1. The van der Waals surface area contributed by atoms with Gasteiger partial charge in [-0.1, -0.05) is 36.4 Å². The lowest BCUT2D eigenvalue weighted by atomic mass is 9.93. The van der Waals surface area contributed by atoms with Crippen LogP contribution in [0.15, 0.2) is 54.6 Å². The topological polar surface area (TPSA) is 119 Å². The second-order valence-corrected chi connectivity index (χ2v) is 14.0. The van der Waals surface area contributed by atoms with Crippen LogP contribution in [0.4, 0.5) is 0 Å². The summed E-state index contributed by atoms with van der Waals surface area (Å²) < 4.78 is 35.2. The average Bonchev–Trinajstić information content (AvgIpc) is 3.43. The molecule has 3 aromatic carbocycles. The molecule has 2 N–H and O–H groups in total. The molecule has 0 saturated heterocycles. The number of nitrogens with one attached hydrogen (secondary N) is 1. The second kappa shape index (κ2) is 13.8. The van der Waals surface area contributed by atoms with Gasteiger partial charge in [-0.15, -0.1) is 0 Å². The van der Waals surface area contributed by atoms with Gasteiger partial charge in [0.2, 0.25) is 0 Å². The number of carbonyl (C=O) groups excluding carboxylic acids is 1. The summed E-state index contributed by atoms with van der Waals surface area (Å²) in [7, 11) is -3.39. The van der Waals surface area contributed by atoms with Gasteiger partial charge in [0.25, 0.3) is 5.91 Å². The molecule has 8 nitrogen and oxygen atoms in total. The van der Waals surface area contributed by atoms with Crippen LogP contribution in [0.25, 0.3) is 11.1 Å². The fourth-order valence-corrected chi connectivity index (χ4v) is 6.37. The first kappa shape index (κ1) is 31.6. The number of amides is 1. The molecule has 0 aromatic heterocycles. The SMILES string of the molecule is CSC(C)c1c(COCc2ccc(C(=O)N[C@@H](CCS(C)(=O)=O)C(=O)O)c(-c3ccccc3C)c2)ccc2c1CCO2. The van der Waals surface area contributed by atoms with Gasteiger partial charge in [-0.2, -0.15) is 11.8 Å². The van der Waals surface area contributed by atoms with E-state index in [0.717, 1.165) is 40.7 Å². The van der Waals surface area contributed by atoms with Gasteiger partial charge < -0.3 is 19.9 Å². The summed E-state index contributed by atoms with van der Waals surface area (Å²) >= 11 is 1.79. The van der Waals surface area contributed by atoms with Crippen molar-refractivity contribution in [1.29, 1.82) is 0 Å². The molecule has 4 rings (SSSR count). The molecule has 1 aliphatic heterocycles. The lowest BCUT2D eigenvalue weighted by Gasteiger charge is -2.19. The third kappa shape index (κ3) is 7.73. The van der Waals surface area contributed by atoms with Gasteiger partial charge in [0, 0.05) is 29.1 Å². The number of aryl methyl sites for hydroxylation is 1. The minimum absolute atomic E-state index is 0.225. The van der Waals surface area contributed by atoms with E-state index in [0.29, 0.717) is 36.2 Å². The van der Waals surface area contributed by atoms with Crippen molar-refractivity contribution in [3.05, 3.63) is 88.0 Å². The van der Waals surface area contributed by atoms with E-state index < -0.39 is 27.8 Å². The van der Waals surface area contributed by atoms with Crippen molar-refractivity contribution in [2.24, 2.45) is 0 Å². The zero-order valence-corrected chi connectivity index (χ0v) is 25.9. The Balaban J connectivity index is 1.58. The first-order valence-electron chi connectivity index (χ1n) is 13.8. The molecule has 0 aliphatic carbocycles. The summed E-state index contributed by atoms with van der Waals surface area (Å²) in [6.07, 6.45) is 3.80. The van der Waals surface area contributed by atoms with Gasteiger partial charge in [-0.25, -0.2) is 13.2 Å². The van der Waals surface area contributed by atoms with Crippen LogP contribution >= 0.6 is 11.8 Å². The maximum Gasteiger partial charge on any atom is 0.326 e. The van der Waals surface area contributed by atoms with E-state index in [9.17, 15) is 23.1 Å². The molecule has 1 heterocycles. The van der Waals surface area contributed by atoms with Gasteiger partial charge in [0.15, 0.2) is 0 Å². The Morgan fingerprint density at radius 3 is 2.55 bits per heavy atom. The van der Waals surface area contributed by atoms with Gasteiger partial charge in [0.1, 0.15) is 21.6 Å². The summed E-state index contributed by atoms with van der Waals surface area (Å²) in [5, 5.41) is 12.4. The Bertz CT molecular complexity index is 1570. The van der Waals surface area contributed by atoms with Crippen molar-refractivity contribution in [2.45, 2.75) is 51.2 Å². The molecular formula is C32H37NO7S2. The van der Waals surface area contributed by atoms with E-state index >= 15 is 0 Å². The molecule has 2 atom stereocenters. The number of aliphatic carboxylic acids is 1. The maximum absolute atomic E-state index is 13.4. The van der Waals surface area contributed by atoms with Crippen molar-refractivity contribution in [3.63, 3.8) is 0 Å². The average molecular weight is 612 g/mol. The lowest BCUT2D eigenvalue weighted by molar-refractivity contribution is -0.139. The second-order valence-electron chi connectivity index (χ2n) is 10.6. The van der Waals surface area contributed by atoms with E-state index in [1.165, 1.54) is 11.1 Å². The van der Waals surface area contributed by atoms with Gasteiger partial charge in [0.05, 0.1) is 25.6 Å². The van der Waals surface area contributed by atoms with Crippen LogP contribution in [0, 0.1) is 6.92 Å². The molecule has 3 aromatic rings. The quantitative estimate of drug-likeness (QED) is 0.265. The molecule has 10 heteroatoms. The highest BCUT2D eigenvalue weighted by atomic mass is 32.2. The van der Waals surface area contributed by atoms with Gasteiger partial charge in [-0.05, 0) is 78.1 Å². The maximum atomic E-state index is 13.4. The van der Waals surface area contributed by atoms with E-state index in [1.807, 2.05) is 43.3 Å². The fourth-order valence-electron chi connectivity index (χ4n) is 5.18. The summed E-state index contributed by atoms with van der Waals surface area (Å²) in [6, 6.07) is 15.7. The Morgan fingerprint density at radius 1 is 1.10 bits per heavy atom. The third-order valence-corrected chi connectivity index (χ3v) is 9.37. The van der Waals surface area contributed by atoms with Crippen molar-refractivity contribution in [1.82, 2.24) is 5.32 Å². The zero-order chi connectivity index (χ0) is 30.4. The molecule has 0 spiro atoms. The van der Waals surface area contributed by atoms with E-state index in [2.05, 4.69) is 24.6 Å². The standard InChI is InChI=1S/C32H37NO7S2/c1-20-7-5-6-8-24(20)27-17-22(9-11-25(27)31(34)33-28(32(35)36)14-16-42(4,37)38)18-39-19-23-10-12-29-26(13-15-40-29)30(23)21(2)41-3/h5-12,17,21,28H,13-16,18-19H2,1-4H3,(H,33,34)(H,35,36)/t21?,28-/m0/s1. The molecule has 1 aliphatic rings. The van der Waals surface area contributed by atoms with E-state index in [4.69, 9.17) is 9.47 Å². The van der Waals surface area contributed by atoms with E-state index in [-0.39, 0.29) is 12.2 Å². The number of sulfone groups is 1. The van der Waals surface area contributed by atoms with Crippen LogP contribution in [0.5, 0.6) is 5.75 Å². The zero-order valence-electron chi connectivity index (χ0n) is 24.3. The number of ether oxygens (including phenoxy) is 2. The highest BCUT2D eigenvalue weighted by Gasteiger charge is 2.25. The minimum atomic E-state index is -3.39. The van der Waals surface area contributed by atoms with Gasteiger partial charge in [-0.3, -0.25) is 4.79 Å². The summed E-state index contributed by atoms with van der Waals surface area (Å²) in [6.45, 7) is 5.57. The number of hydrogen-bond acceptors (Lipinski definition) is 7. The monoisotopic (exact) mass is 611 g/mol. The van der Waals surface area contributed by atoms with Crippen molar-refractivity contribution in [3.8, 4) is 16.9 Å². The Morgan fingerprint density at radius 2 is 1.86 bits per heavy atom. The Kier molecular flexibility index (Phi) is 10.3. The minimum Gasteiger partial charge on any atom is -0.493 e. The number of benzene rings is 3. The molecule has 0 radical (unpaired) electrons. The van der Waals surface area contributed by atoms with Crippen molar-refractivity contribution >= 4 is 33.5 Å². The smallest absolute Gasteiger partial charge is 0.326 e. The highest BCUT2D eigenvalue weighted by Crippen LogP contribution is 2.39. The molecule has 1 amide bonds. The third-order valence-electron chi connectivity index (χ3n) is 7.44. The van der Waals surface area contributed by atoms with Crippen LogP contribution in [0.1, 0.15) is 56.8 Å². The lowest BCUT2D eigenvalue weighted by Crippen LogP contribution is -2.42. The van der Waals surface area contributed by atoms with Crippen LogP contribution in [0.2, 0.25) is 0 Å². The number of thioether (sulfide) groups is 1. The fraction of sp³-hybridized carbons (Fsp3) is 0.375. The van der Waals surface area contributed by atoms with Crippen molar-refractivity contribution < 1.29 is 32.6 Å². The van der Waals surface area contributed by atoms with Crippen LogP contribution in [-0.4, -0.2) is 56.3 Å². The molecule has 0 bridgehead atoms. The molecule has 224 valence electrons. The number of fused-ring (bicyclic) bond motifs is 1. The number of carboxylic acid groups (broad SMARTS) is 1. The highest BCUT2D eigenvalue weighted by molar-refractivity contribution is 7.98.